The van der Waals surface area contributed by atoms with Crippen LogP contribution in [0.1, 0.15) is 23.2 Å². The number of para-hydroxylation sites is 2. The second-order valence-electron chi connectivity index (χ2n) is 6.54. The van der Waals surface area contributed by atoms with Gasteiger partial charge in [0.2, 0.25) is 10.0 Å². The van der Waals surface area contributed by atoms with Gasteiger partial charge < -0.3 is 10.1 Å². The lowest BCUT2D eigenvalue weighted by atomic mass is 10.2. The molecule has 1 aliphatic heterocycles. The number of anilines is 1. The largest absolute Gasteiger partial charge is 0.452 e. The lowest BCUT2D eigenvalue weighted by Gasteiger charge is -2.15. The van der Waals surface area contributed by atoms with E-state index in [1.165, 1.54) is 52.8 Å². The Labute approximate surface area is 172 Å². The highest BCUT2D eigenvalue weighted by Gasteiger charge is 2.28. The number of hydrogen-bond acceptors (Lipinski definition) is 7. The van der Waals surface area contributed by atoms with Crippen LogP contribution in [0.25, 0.3) is 0 Å². The van der Waals surface area contributed by atoms with Crippen LogP contribution < -0.4 is 5.32 Å². The van der Waals surface area contributed by atoms with E-state index in [9.17, 15) is 28.1 Å². The Balaban J connectivity index is 1.64. The van der Waals surface area contributed by atoms with Crippen molar-refractivity contribution >= 4 is 33.3 Å². The Bertz CT molecular complexity index is 1080. The van der Waals surface area contributed by atoms with E-state index in [1.54, 1.807) is 0 Å². The van der Waals surface area contributed by atoms with Gasteiger partial charge in [0.25, 0.3) is 11.6 Å². The highest BCUT2D eigenvalue weighted by Crippen LogP contribution is 2.23. The molecule has 2 aromatic rings. The molecule has 1 amide bonds. The Kier molecular flexibility index (Phi) is 6.43. The molecule has 1 heterocycles. The molecule has 11 heteroatoms. The van der Waals surface area contributed by atoms with Crippen LogP contribution in [0.5, 0.6) is 0 Å². The molecule has 1 aliphatic rings. The number of sulfonamides is 1. The molecule has 1 saturated heterocycles. The van der Waals surface area contributed by atoms with Crippen molar-refractivity contribution in [3.05, 3.63) is 64.2 Å². The maximum atomic E-state index is 12.6. The molecule has 3 rings (SSSR count). The van der Waals surface area contributed by atoms with Crippen LogP contribution in [0, 0.1) is 10.1 Å². The monoisotopic (exact) mass is 433 g/mol. The quantitative estimate of drug-likeness (QED) is 0.401. The fourth-order valence-electron chi connectivity index (χ4n) is 3.00. The third-order valence-electron chi connectivity index (χ3n) is 4.48. The van der Waals surface area contributed by atoms with Crippen molar-refractivity contribution in [2.75, 3.05) is 25.0 Å². The van der Waals surface area contributed by atoms with E-state index in [-0.39, 0.29) is 21.8 Å². The van der Waals surface area contributed by atoms with E-state index in [1.807, 2.05) is 0 Å². The SMILES string of the molecule is O=C(COC(=O)c1cccc(S(=O)(=O)N2CCCC2)c1)Nc1ccccc1[N+](=O)[O-]. The summed E-state index contributed by atoms with van der Waals surface area (Å²) in [5.74, 6) is -1.65. The molecule has 1 N–H and O–H groups in total. The van der Waals surface area contributed by atoms with Crippen molar-refractivity contribution in [3.8, 4) is 0 Å². The number of nitro groups is 1. The molecule has 0 bridgehead atoms. The molecule has 0 aromatic heterocycles. The summed E-state index contributed by atoms with van der Waals surface area (Å²) in [4.78, 5) is 34.6. The van der Waals surface area contributed by atoms with Gasteiger partial charge in [-0.1, -0.05) is 18.2 Å². The number of hydrogen-bond donors (Lipinski definition) is 1. The third kappa shape index (κ3) is 4.81. The molecule has 30 heavy (non-hydrogen) atoms. The maximum Gasteiger partial charge on any atom is 0.338 e. The topological polar surface area (TPSA) is 136 Å². The van der Waals surface area contributed by atoms with E-state index in [0.29, 0.717) is 13.1 Å². The molecule has 0 radical (unpaired) electrons. The van der Waals surface area contributed by atoms with Crippen LogP contribution >= 0.6 is 0 Å². The first-order chi connectivity index (χ1) is 14.3. The summed E-state index contributed by atoms with van der Waals surface area (Å²) in [6, 6.07) is 11.0. The van der Waals surface area contributed by atoms with Gasteiger partial charge in [0.1, 0.15) is 5.69 Å². The lowest BCUT2D eigenvalue weighted by molar-refractivity contribution is -0.383. The molecule has 2 aromatic carbocycles. The van der Waals surface area contributed by atoms with Crippen molar-refractivity contribution in [2.24, 2.45) is 0 Å². The highest BCUT2D eigenvalue weighted by molar-refractivity contribution is 7.89. The smallest absolute Gasteiger partial charge is 0.338 e. The van der Waals surface area contributed by atoms with E-state index >= 15 is 0 Å². The van der Waals surface area contributed by atoms with Crippen LogP contribution in [0.15, 0.2) is 53.4 Å². The Hall–Kier alpha value is -3.31. The molecular formula is C19H19N3O7S. The predicted octanol–water partition coefficient (Wildman–Crippen LogP) is 2.17. The summed E-state index contributed by atoms with van der Waals surface area (Å²) in [5.41, 5.74) is -0.340. The van der Waals surface area contributed by atoms with Gasteiger partial charge in [-0.25, -0.2) is 13.2 Å². The first-order valence-corrected chi connectivity index (χ1v) is 10.5. The Morgan fingerprint density at radius 1 is 1.10 bits per heavy atom. The molecule has 0 aliphatic carbocycles. The van der Waals surface area contributed by atoms with Crippen LogP contribution in [0.2, 0.25) is 0 Å². The molecular weight excluding hydrogens is 414 g/mol. The lowest BCUT2D eigenvalue weighted by Crippen LogP contribution is -2.28. The van der Waals surface area contributed by atoms with Crippen molar-refractivity contribution in [1.29, 1.82) is 0 Å². The fourth-order valence-corrected chi connectivity index (χ4v) is 4.56. The van der Waals surface area contributed by atoms with Gasteiger partial charge in [-0.15, -0.1) is 0 Å². The number of nitro benzene ring substituents is 1. The minimum Gasteiger partial charge on any atom is -0.452 e. The van der Waals surface area contributed by atoms with Gasteiger partial charge in [0, 0.05) is 19.2 Å². The number of carbonyl (C=O) groups excluding carboxylic acids is 2. The standard InChI is InChI=1S/C19H19N3O7S/c23-18(20-16-8-1-2-9-17(16)22(25)26)13-29-19(24)14-6-5-7-15(12-14)30(27,28)21-10-3-4-11-21/h1-2,5-9,12H,3-4,10-11,13H2,(H,20,23). The second kappa shape index (κ2) is 9.01. The number of amides is 1. The summed E-state index contributed by atoms with van der Waals surface area (Å²) in [7, 11) is -3.70. The first-order valence-electron chi connectivity index (χ1n) is 9.09. The molecule has 0 spiro atoms. The van der Waals surface area contributed by atoms with Crippen molar-refractivity contribution < 1.29 is 27.7 Å². The molecule has 158 valence electrons. The molecule has 0 saturated carbocycles. The number of benzene rings is 2. The average molecular weight is 433 g/mol. The zero-order valence-electron chi connectivity index (χ0n) is 15.8. The van der Waals surface area contributed by atoms with E-state index in [2.05, 4.69) is 5.32 Å². The number of rotatable bonds is 7. The summed E-state index contributed by atoms with van der Waals surface area (Å²) in [6.45, 7) is 0.180. The van der Waals surface area contributed by atoms with Crippen molar-refractivity contribution in [3.63, 3.8) is 0 Å². The van der Waals surface area contributed by atoms with Crippen LogP contribution in [0.4, 0.5) is 11.4 Å². The molecule has 1 fully saturated rings. The van der Waals surface area contributed by atoms with Gasteiger partial charge in [0.05, 0.1) is 15.4 Å². The fraction of sp³-hybridized carbons (Fsp3) is 0.263. The Morgan fingerprint density at radius 2 is 1.80 bits per heavy atom. The zero-order chi connectivity index (χ0) is 21.7. The van der Waals surface area contributed by atoms with E-state index < -0.39 is 33.4 Å². The van der Waals surface area contributed by atoms with Crippen molar-refractivity contribution in [2.45, 2.75) is 17.7 Å². The second-order valence-corrected chi connectivity index (χ2v) is 8.48. The average Bonchev–Trinajstić information content (AvgIpc) is 3.28. The number of nitrogens with zero attached hydrogens (tertiary/aromatic N) is 2. The normalized spacial score (nSPS) is 14.3. The number of ether oxygens (including phenoxy) is 1. The van der Waals surface area contributed by atoms with Gasteiger partial charge in [0.15, 0.2) is 6.61 Å². The third-order valence-corrected chi connectivity index (χ3v) is 6.38. The minimum atomic E-state index is -3.70. The maximum absolute atomic E-state index is 12.6. The van der Waals surface area contributed by atoms with Crippen LogP contribution in [-0.2, 0) is 19.6 Å². The predicted molar refractivity (Wildman–Crippen MR) is 106 cm³/mol. The van der Waals surface area contributed by atoms with E-state index in [4.69, 9.17) is 4.74 Å². The van der Waals surface area contributed by atoms with Gasteiger partial charge in [-0.3, -0.25) is 14.9 Å². The summed E-state index contributed by atoms with van der Waals surface area (Å²) >= 11 is 0. The van der Waals surface area contributed by atoms with Crippen molar-refractivity contribution in [1.82, 2.24) is 4.31 Å². The minimum absolute atomic E-state index is 0.0197. The molecule has 0 atom stereocenters. The zero-order valence-corrected chi connectivity index (χ0v) is 16.6. The summed E-state index contributed by atoms with van der Waals surface area (Å²) < 4.78 is 31.5. The van der Waals surface area contributed by atoms with Gasteiger partial charge in [-0.05, 0) is 37.1 Å². The van der Waals surface area contributed by atoms with Crippen LogP contribution in [0.3, 0.4) is 0 Å². The number of carbonyl (C=O) groups is 2. The first kappa shape index (κ1) is 21.4. The van der Waals surface area contributed by atoms with Gasteiger partial charge in [-0.2, -0.15) is 4.31 Å². The highest BCUT2D eigenvalue weighted by atomic mass is 32.2. The van der Waals surface area contributed by atoms with Gasteiger partial charge >= 0.3 is 5.97 Å². The number of nitrogens with one attached hydrogen (secondary N) is 1. The molecule has 10 nitrogen and oxygen atoms in total. The van der Waals surface area contributed by atoms with E-state index in [0.717, 1.165) is 12.8 Å². The Morgan fingerprint density at radius 3 is 2.50 bits per heavy atom. The van der Waals surface area contributed by atoms with Crippen LogP contribution in [-0.4, -0.2) is 49.2 Å². The number of esters is 1. The summed E-state index contributed by atoms with van der Waals surface area (Å²) in [6.07, 6.45) is 1.57. The summed E-state index contributed by atoms with van der Waals surface area (Å²) in [5, 5.41) is 13.3. The molecule has 0 unspecified atom stereocenters.